The molecule has 0 aliphatic carbocycles. The second kappa shape index (κ2) is 7.92. The number of carbonyl (C=O) groups is 1. The summed E-state index contributed by atoms with van der Waals surface area (Å²) in [4.78, 5) is 11.5. The van der Waals surface area contributed by atoms with E-state index >= 15 is 0 Å². The molecule has 4 nitrogen and oxygen atoms in total. The Balaban J connectivity index is 3.87. The third-order valence-corrected chi connectivity index (χ3v) is 3.05. The lowest BCUT2D eigenvalue weighted by molar-refractivity contribution is -0.123. The van der Waals surface area contributed by atoms with Crippen molar-refractivity contribution in [3.63, 3.8) is 0 Å². The Morgan fingerprint density at radius 1 is 1.62 bits per heavy atom. The van der Waals surface area contributed by atoms with Gasteiger partial charge in [-0.3, -0.25) is 4.79 Å². The number of hydrogen-bond donors (Lipinski definition) is 3. The largest absolute Gasteiger partial charge is 0.388 e. The van der Waals surface area contributed by atoms with Crippen molar-refractivity contribution in [1.29, 1.82) is 0 Å². The standard InChI is InChI=1S/C11H24N2O2S/c1-4-6-11(2,15)8-13-10(14)9(12)5-7-16-3/h9,15H,4-8,12H2,1-3H3,(H,13,14)/t9-,11?/m0/s1. The van der Waals surface area contributed by atoms with Crippen molar-refractivity contribution in [2.24, 2.45) is 5.73 Å². The molecule has 0 aliphatic rings. The van der Waals surface area contributed by atoms with Crippen LogP contribution in [-0.2, 0) is 4.79 Å². The maximum Gasteiger partial charge on any atom is 0.237 e. The van der Waals surface area contributed by atoms with Gasteiger partial charge in [0, 0.05) is 6.54 Å². The van der Waals surface area contributed by atoms with Gasteiger partial charge in [0.05, 0.1) is 11.6 Å². The van der Waals surface area contributed by atoms with Crippen molar-refractivity contribution < 1.29 is 9.90 Å². The number of rotatable bonds is 8. The summed E-state index contributed by atoms with van der Waals surface area (Å²) in [5.74, 6) is 0.699. The molecule has 1 unspecified atom stereocenters. The van der Waals surface area contributed by atoms with E-state index in [0.717, 1.165) is 12.2 Å². The number of nitrogens with two attached hydrogens (primary N) is 1. The number of thioether (sulfide) groups is 1. The molecule has 5 heteroatoms. The minimum absolute atomic E-state index is 0.176. The molecule has 0 fully saturated rings. The predicted octanol–water partition coefficient (Wildman–Crippen LogP) is 0.734. The molecule has 2 atom stereocenters. The zero-order chi connectivity index (χ0) is 12.6. The second-order valence-electron chi connectivity index (χ2n) is 4.35. The third kappa shape index (κ3) is 7.09. The van der Waals surface area contributed by atoms with Gasteiger partial charge in [0.2, 0.25) is 5.91 Å². The minimum atomic E-state index is -0.830. The summed E-state index contributed by atoms with van der Waals surface area (Å²) in [7, 11) is 0. The van der Waals surface area contributed by atoms with Crippen LogP contribution in [-0.4, -0.2) is 41.2 Å². The van der Waals surface area contributed by atoms with Crippen LogP contribution in [0.15, 0.2) is 0 Å². The van der Waals surface area contributed by atoms with Crippen LogP contribution < -0.4 is 11.1 Å². The predicted molar refractivity (Wildman–Crippen MR) is 69.5 cm³/mol. The summed E-state index contributed by atoms with van der Waals surface area (Å²) >= 11 is 1.67. The van der Waals surface area contributed by atoms with Crippen LogP contribution in [0.25, 0.3) is 0 Å². The van der Waals surface area contributed by atoms with Crippen molar-refractivity contribution in [3.8, 4) is 0 Å². The van der Waals surface area contributed by atoms with Gasteiger partial charge in [-0.05, 0) is 31.8 Å². The van der Waals surface area contributed by atoms with E-state index in [2.05, 4.69) is 5.32 Å². The van der Waals surface area contributed by atoms with Crippen LogP contribution in [0.1, 0.15) is 33.1 Å². The minimum Gasteiger partial charge on any atom is -0.388 e. The zero-order valence-electron chi connectivity index (χ0n) is 10.5. The van der Waals surface area contributed by atoms with Gasteiger partial charge < -0.3 is 16.2 Å². The first kappa shape index (κ1) is 15.7. The molecule has 0 aromatic carbocycles. The van der Waals surface area contributed by atoms with Crippen molar-refractivity contribution in [2.45, 2.75) is 44.8 Å². The van der Waals surface area contributed by atoms with Crippen LogP contribution in [0.5, 0.6) is 0 Å². The molecule has 1 amide bonds. The first-order chi connectivity index (χ1) is 7.43. The Bertz CT molecular complexity index is 210. The lowest BCUT2D eigenvalue weighted by Gasteiger charge is -2.23. The maximum atomic E-state index is 11.5. The van der Waals surface area contributed by atoms with Crippen LogP contribution in [0.3, 0.4) is 0 Å². The molecule has 96 valence electrons. The zero-order valence-corrected chi connectivity index (χ0v) is 11.3. The molecule has 0 saturated carbocycles. The third-order valence-electron chi connectivity index (χ3n) is 2.40. The fourth-order valence-electron chi connectivity index (χ4n) is 1.41. The highest BCUT2D eigenvalue weighted by Gasteiger charge is 2.21. The fourth-order valence-corrected chi connectivity index (χ4v) is 1.90. The van der Waals surface area contributed by atoms with Gasteiger partial charge in [0.25, 0.3) is 0 Å². The second-order valence-corrected chi connectivity index (χ2v) is 5.34. The summed E-state index contributed by atoms with van der Waals surface area (Å²) in [6.07, 6.45) is 4.22. The Labute approximate surface area is 102 Å². The van der Waals surface area contributed by atoms with Crippen LogP contribution in [0, 0.1) is 0 Å². The lowest BCUT2D eigenvalue weighted by atomic mass is 10.0. The Kier molecular flexibility index (Phi) is 7.80. The molecule has 0 aliphatic heterocycles. The van der Waals surface area contributed by atoms with Crippen molar-refractivity contribution in [3.05, 3.63) is 0 Å². The van der Waals surface area contributed by atoms with Gasteiger partial charge >= 0.3 is 0 Å². The van der Waals surface area contributed by atoms with E-state index in [0.29, 0.717) is 12.8 Å². The average Bonchev–Trinajstić information content (AvgIpc) is 2.22. The molecule has 0 aromatic rings. The Morgan fingerprint density at radius 2 is 2.25 bits per heavy atom. The van der Waals surface area contributed by atoms with Crippen molar-refractivity contribution in [1.82, 2.24) is 5.32 Å². The molecule has 16 heavy (non-hydrogen) atoms. The summed E-state index contributed by atoms with van der Waals surface area (Å²) in [5, 5.41) is 12.6. The van der Waals surface area contributed by atoms with Gasteiger partial charge in [-0.15, -0.1) is 0 Å². The molecule has 0 aromatic heterocycles. The number of aliphatic hydroxyl groups is 1. The first-order valence-corrected chi connectivity index (χ1v) is 7.07. The molecule has 0 spiro atoms. The molecule has 0 rings (SSSR count). The topological polar surface area (TPSA) is 75.3 Å². The SMILES string of the molecule is CCCC(C)(O)CNC(=O)[C@@H](N)CCSC. The van der Waals surface area contributed by atoms with E-state index in [1.54, 1.807) is 18.7 Å². The molecule has 0 bridgehead atoms. The highest BCUT2D eigenvalue weighted by molar-refractivity contribution is 7.98. The molecule has 4 N–H and O–H groups in total. The smallest absolute Gasteiger partial charge is 0.237 e. The van der Waals surface area contributed by atoms with Gasteiger partial charge in [-0.1, -0.05) is 13.3 Å². The quantitative estimate of drug-likeness (QED) is 0.592. The van der Waals surface area contributed by atoms with Crippen molar-refractivity contribution in [2.75, 3.05) is 18.6 Å². The van der Waals surface area contributed by atoms with Crippen LogP contribution >= 0.6 is 11.8 Å². The summed E-state index contributed by atoms with van der Waals surface area (Å²) in [6, 6.07) is -0.468. The number of hydrogen-bond acceptors (Lipinski definition) is 4. The maximum absolute atomic E-state index is 11.5. The number of nitrogens with one attached hydrogen (secondary N) is 1. The van der Waals surface area contributed by atoms with Gasteiger partial charge in [0.1, 0.15) is 0 Å². The normalized spacial score (nSPS) is 16.6. The Morgan fingerprint density at radius 3 is 2.75 bits per heavy atom. The van der Waals surface area contributed by atoms with Gasteiger partial charge in [-0.25, -0.2) is 0 Å². The summed E-state index contributed by atoms with van der Waals surface area (Å²) in [5.41, 5.74) is 4.87. The monoisotopic (exact) mass is 248 g/mol. The fraction of sp³-hybridized carbons (Fsp3) is 0.909. The average molecular weight is 248 g/mol. The number of carbonyl (C=O) groups excluding carboxylic acids is 1. The van der Waals surface area contributed by atoms with Gasteiger partial charge in [0.15, 0.2) is 0 Å². The van der Waals surface area contributed by atoms with E-state index in [1.165, 1.54) is 0 Å². The summed E-state index contributed by atoms with van der Waals surface area (Å²) < 4.78 is 0. The molecular formula is C11H24N2O2S. The van der Waals surface area contributed by atoms with E-state index in [9.17, 15) is 9.90 Å². The first-order valence-electron chi connectivity index (χ1n) is 5.67. The summed E-state index contributed by atoms with van der Waals surface area (Å²) in [6.45, 7) is 4.00. The van der Waals surface area contributed by atoms with E-state index in [-0.39, 0.29) is 12.5 Å². The number of amides is 1. The molecular weight excluding hydrogens is 224 g/mol. The lowest BCUT2D eigenvalue weighted by Crippen LogP contribution is -2.47. The highest BCUT2D eigenvalue weighted by atomic mass is 32.2. The van der Waals surface area contributed by atoms with Crippen LogP contribution in [0.4, 0.5) is 0 Å². The molecule has 0 radical (unpaired) electrons. The Hall–Kier alpha value is -0.260. The van der Waals surface area contributed by atoms with Crippen LogP contribution in [0.2, 0.25) is 0 Å². The highest BCUT2D eigenvalue weighted by Crippen LogP contribution is 2.10. The van der Waals surface area contributed by atoms with E-state index in [4.69, 9.17) is 5.73 Å². The molecule has 0 saturated heterocycles. The van der Waals surface area contributed by atoms with Crippen molar-refractivity contribution >= 4 is 17.7 Å². The van der Waals surface area contributed by atoms with Gasteiger partial charge in [-0.2, -0.15) is 11.8 Å². The van der Waals surface area contributed by atoms with E-state index in [1.807, 2.05) is 13.2 Å². The van der Waals surface area contributed by atoms with E-state index < -0.39 is 11.6 Å². The molecule has 0 heterocycles.